The summed E-state index contributed by atoms with van der Waals surface area (Å²) < 4.78 is 1.15. The zero-order chi connectivity index (χ0) is 10.1. The van der Waals surface area contributed by atoms with E-state index in [0.717, 1.165) is 20.8 Å². The number of rotatable bonds is 2. The van der Waals surface area contributed by atoms with Crippen molar-refractivity contribution in [3.63, 3.8) is 0 Å². The normalized spacial score (nSPS) is 13.4. The van der Waals surface area contributed by atoms with Gasteiger partial charge in [-0.1, -0.05) is 6.07 Å². The summed E-state index contributed by atoms with van der Waals surface area (Å²) in [6, 6.07) is 5.78. The van der Waals surface area contributed by atoms with Gasteiger partial charge in [0.05, 0.1) is 21.3 Å². The molecule has 1 unspecified atom stereocenters. The van der Waals surface area contributed by atoms with Crippen LogP contribution in [-0.4, -0.2) is 16.6 Å². The van der Waals surface area contributed by atoms with Crippen LogP contribution in [0.5, 0.6) is 0 Å². The first kappa shape index (κ1) is 9.58. The fraction of sp³-hybridized carbons (Fsp3) is 0.300. The van der Waals surface area contributed by atoms with E-state index in [4.69, 9.17) is 5.73 Å². The van der Waals surface area contributed by atoms with Crippen LogP contribution in [0.15, 0.2) is 18.2 Å². The Morgan fingerprint density at radius 1 is 1.57 bits per heavy atom. The third kappa shape index (κ3) is 1.64. The maximum absolute atomic E-state index is 9.55. The number of nitrogens with two attached hydrogens (primary N) is 1. The highest BCUT2D eigenvalue weighted by molar-refractivity contribution is 7.18. The lowest BCUT2D eigenvalue weighted by molar-refractivity contribution is 0.187. The Balaban J connectivity index is 2.50. The van der Waals surface area contributed by atoms with E-state index in [2.05, 4.69) is 4.98 Å². The van der Waals surface area contributed by atoms with Crippen molar-refractivity contribution in [3.05, 3.63) is 28.8 Å². The standard InChI is InChI=1S/C10H12N2OS/c1-6-12-8-4-7(9(13)5-11)2-3-10(8)14-6/h2-4,9,13H,5,11H2,1H3. The molecule has 1 atom stereocenters. The van der Waals surface area contributed by atoms with Gasteiger partial charge in [-0.2, -0.15) is 0 Å². The summed E-state index contributed by atoms with van der Waals surface area (Å²) in [4.78, 5) is 4.36. The van der Waals surface area contributed by atoms with Crippen LogP contribution in [0.25, 0.3) is 10.2 Å². The Morgan fingerprint density at radius 2 is 2.36 bits per heavy atom. The molecule has 1 aromatic carbocycles. The van der Waals surface area contributed by atoms with Crippen LogP contribution >= 0.6 is 11.3 Å². The molecule has 0 saturated carbocycles. The van der Waals surface area contributed by atoms with Gasteiger partial charge in [0.1, 0.15) is 0 Å². The topological polar surface area (TPSA) is 59.1 Å². The van der Waals surface area contributed by atoms with E-state index in [1.54, 1.807) is 11.3 Å². The molecule has 2 rings (SSSR count). The summed E-state index contributed by atoms with van der Waals surface area (Å²) in [5.41, 5.74) is 7.17. The minimum Gasteiger partial charge on any atom is -0.387 e. The number of benzene rings is 1. The molecule has 0 amide bonds. The van der Waals surface area contributed by atoms with Gasteiger partial charge in [-0.15, -0.1) is 11.3 Å². The van der Waals surface area contributed by atoms with E-state index in [-0.39, 0.29) is 6.54 Å². The Morgan fingerprint density at radius 3 is 3.07 bits per heavy atom. The molecule has 1 heterocycles. The van der Waals surface area contributed by atoms with E-state index < -0.39 is 6.10 Å². The average molecular weight is 208 g/mol. The van der Waals surface area contributed by atoms with Crippen molar-refractivity contribution in [1.29, 1.82) is 0 Å². The number of hydrogen-bond acceptors (Lipinski definition) is 4. The van der Waals surface area contributed by atoms with Crippen LogP contribution < -0.4 is 5.73 Å². The van der Waals surface area contributed by atoms with Crippen LogP contribution in [0, 0.1) is 6.92 Å². The monoisotopic (exact) mass is 208 g/mol. The minimum absolute atomic E-state index is 0.245. The molecule has 74 valence electrons. The number of fused-ring (bicyclic) bond motifs is 1. The predicted molar refractivity (Wildman–Crippen MR) is 58.4 cm³/mol. The van der Waals surface area contributed by atoms with E-state index in [1.807, 2.05) is 25.1 Å². The van der Waals surface area contributed by atoms with Crippen LogP contribution in [0.1, 0.15) is 16.7 Å². The summed E-state index contributed by atoms with van der Waals surface area (Å²) in [5.74, 6) is 0. The fourth-order valence-electron chi connectivity index (χ4n) is 1.40. The molecule has 0 bridgehead atoms. The molecule has 0 aliphatic carbocycles. The average Bonchev–Trinajstić information content (AvgIpc) is 2.55. The van der Waals surface area contributed by atoms with Gasteiger partial charge in [0, 0.05) is 6.54 Å². The summed E-state index contributed by atoms with van der Waals surface area (Å²) in [6.45, 7) is 2.22. The first-order chi connectivity index (χ1) is 6.70. The van der Waals surface area contributed by atoms with Crippen LogP contribution in [0.2, 0.25) is 0 Å². The first-order valence-electron chi connectivity index (χ1n) is 4.46. The highest BCUT2D eigenvalue weighted by Crippen LogP contribution is 2.24. The zero-order valence-corrected chi connectivity index (χ0v) is 8.71. The molecule has 0 radical (unpaired) electrons. The number of aromatic nitrogens is 1. The van der Waals surface area contributed by atoms with Gasteiger partial charge < -0.3 is 10.8 Å². The van der Waals surface area contributed by atoms with Gasteiger partial charge in [-0.3, -0.25) is 0 Å². The number of hydrogen-bond donors (Lipinski definition) is 2. The van der Waals surface area contributed by atoms with Crippen molar-refractivity contribution in [2.24, 2.45) is 5.73 Å². The maximum Gasteiger partial charge on any atom is 0.0913 e. The molecule has 0 saturated heterocycles. The molecule has 0 fully saturated rings. The minimum atomic E-state index is -0.582. The van der Waals surface area contributed by atoms with Gasteiger partial charge in [-0.05, 0) is 24.6 Å². The Kier molecular flexibility index (Phi) is 2.50. The highest BCUT2D eigenvalue weighted by Gasteiger charge is 2.07. The van der Waals surface area contributed by atoms with Crippen molar-refractivity contribution in [3.8, 4) is 0 Å². The lowest BCUT2D eigenvalue weighted by Crippen LogP contribution is -2.11. The number of thiazole rings is 1. The Bertz CT molecular complexity index is 452. The van der Waals surface area contributed by atoms with Crippen molar-refractivity contribution < 1.29 is 5.11 Å². The molecule has 0 spiro atoms. The van der Waals surface area contributed by atoms with Gasteiger partial charge in [0.15, 0.2) is 0 Å². The summed E-state index contributed by atoms with van der Waals surface area (Å²) in [7, 11) is 0. The Labute approximate surface area is 86.2 Å². The molecule has 3 nitrogen and oxygen atoms in total. The van der Waals surface area contributed by atoms with Gasteiger partial charge in [0.2, 0.25) is 0 Å². The molecule has 0 aliphatic heterocycles. The summed E-state index contributed by atoms with van der Waals surface area (Å²) in [6.07, 6.45) is -0.582. The third-order valence-corrected chi connectivity index (χ3v) is 3.08. The lowest BCUT2D eigenvalue weighted by atomic mass is 10.1. The van der Waals surface area contributed by atoms with E-state index in [1.165, 1.54) is 0 Å². The smallest absolute Gasteiger partial charge is 0.0913 e. The second-order valence-electron chi connectivity index (χ2n) is 3.21. The van der Waals surface area contributed by atoms with Crippen LogP contribution in [-0.2, 0) is 0 Å². The second kappa shape index (κ2) is 3.65. The van der Waals surface area contributed by atoms with E-state index in [9.17, 15) is 5.11 Å². The van der Waals surface area contributed by atoms with Crippen LogP contribution in [0.3, 0.4) is 0 Å². The largest absolute Gasteiger partial charge is 0.387 e. The summed E-state index contributed by atoms with van der Waals surface area (Å²) in [5, 5.41) is 10.6. The molecule has 2 aromatic rings. The van der Waals surface area contributed by atoms with E-state index in [0.29, 0.717) is 0 Å². The zero-order valence-electron chi connectivity index (χ0n) is 7.90. The predicted octanol–water partition coefficient (Wildman–Crippen LogP) is 1.60. The Hall–Kier alpha value is -0.970. The van der Waals surface area contributed by atoms with Crippen molar-refractivity contribution in [1.82, 2.24) is 4.98 Å². The molecule has 3 N–H and O–H groups in total. The SMILES string of the molecule is Cc1nc2cc(C(O)CN)ccc2s1. The van der Waals surface area contributed by atoms with Crippen molar-refractivity contribution in [2.75, 3.05) is 6.54 Å². The molecule has 1 aromatic heterocycles. The second-order valence-corrected chi connectivity index (χ2v) is 4.45. The molecule has 0 aliphatic rings. The molecular formula is C10H12N2OS. The van der Waals surface area contributed by atoms with Gasteiger partial charge in [-0.25, -0.2) is 4.98 Å². The molecule has 4 heteroatoms. The molecule has 14 heavy (non-hydrogen) atoms. The quantitative estimate of drug-likeness (QED) is 0.788. The maximum atomic E-state index is 9.55. The number of aryl methyl sites for hydroxylation is 1. The van der Waals surface area contributed by atoms with Crippen molar-refractivity contribution >= 4 is 21.6 Å². The number of aliphatic hydroxyl groups excluding tert-OH is 1. The molecular weight excluding hydrogens is 196 g/mol. The van der Waals surface area contributed by atoms with Gasteiger partial charge in [0.25, 0.3) is 0 Å². The number of aliphatic hydroxyl groups is 1. The lowest BCUT2D eigenvalue weighted by Gasteiger charge is -2.06. The van der Waals surface area contributed by atoms with E-state index >= 15 is 0 Å². The number of nitrogens with zero attached hydrogens (tertiary/aromatic N) is 1. The van der Waals surface area contributed by atoms with Crippen LogP contribution in [0.4, 0.5) is 0 Å². The highest BCUT2D eigenvalue weighted by atomic mass is 32.1. The van der Waals surface area contributed by atoms with Gasteiger partial charge >= 0.3 is 0 Å². The van der Waals surface area contributed by atoms with Crippen molar-refractivity contribution in [2.45, 2.75) is 13.0 Å². The summed E-state index contributed by atoms with van der Waals surface area (Å²) >= 11 is 1.66. The first-order valence-corrected chi connectivity index (χ1v) is 5.27. The third-order valence-electron chi connectivity index (χ3n) is 2.13. The fourth-order valence-corrected chi connectivity index (χ4v) is 2.21.